The van der Waals surface area contributed by atoms with Crippen molar-refractivity contribution in [1.82, 2.24) is 0 Å². The normalized spacial score (nSPS) is 27.7. The maximum Gasteiger partial charge on any atom is 0.124 e. The van der Waals surface area contributed by atoms with Gasteiger partial charge in [0.2, 0.25) is 0 Å². The van der Waals surface area contributed by atoms with Crippen molar-refractivity contribution in [3.63, 3.8) is 0 Å². The number of rotatable bonds is 3. The minimum Gasteiger partial charge on any atom is -0.496 e. The first-order valence-corrected chi connectivity index (χ1v) is 6.06. The Bertz CT molecular complexity index is 399. The van der Waals surface area contributed by atoms with Gasteiger partial charge >= 0.3 is 0 Å². The molecule has 0 atom stereocenters. The Balaban J connectivity index is 2.40. The van der Waals surface area contributed by atoms with E-state index in [0.29, 0.717) is 6.54 Å². The molecule has 1 fully saturated rings. The summed E-state index contributed by atoms with van der Waals surface area (Å²) in [5.74, 6) is 0.945. The number of benzene rings is 1. The van der Waals surface area contributed by atoms with E-state index >= 15 is 0 Å². The Morgan fingerprint density at radius 1 is 1.35 bits per heavy atom. The fourth-order valence-electron chi connectivity index (χ4n) is 2.94. The van der Waals surface area contributed by atoms with E-state index in [2.05, 4.69) is 26.0 Å². The molecule has 1 aliphatic rings. The van der Waals surface area contributed by atoms with Crippen molar-refractivity contribution in [2.24, 2.45) is 5.73 Å². The van der Waals surface area contributed by atoms with Crippen molar-refractivity contribution < 1.29 is 9.84 Å². The zero-order chi connectivity index (χ0) is 12.6. The average molecular weight is 235 g/mol. The minimum atomic E-state index is -0.193. The van der Waals surface area contributed by atoms with Gasteiger partial charge in [0, 0.05) is 12.0 Å². The predicted molar refractivity (Wildman–Crippen MR) is 68.4 cm³/mol. The quantitative estimate of drug-likeness (QED) is 0.837. The lowest BCUT2D eigenvalue weighted by Gasteiger charge is -2.45. The lowest BCUT2D eigenvalue weighted by atomic mass is 9.62. The summed E-state index contributed by atoms with van der Waals surface area (Å²) in [4.78, 5) is 0. The van der Waals surface area contributed by atoms with Crippen LogP contribution in [-0.4, -0.2) is 24.9 Å². The van der Waals surface area contributed by atoms with Crippen LogP contribution in [-0.2, 0) is 5.41 Å². The maximum atomic E-state index is 9.54. The number of aryl methyl sites for hydroxylation is 2. The van der Waals surface area contributed by atoms with E-state index in [1.54, 1.807) is 7.11 Å². The van der Waals surface area contributed by atoms with E-state index < -0.39 is 0 Å². The largest absolute Gasteiger partial charge is 0.496 e. The zero-order valence-electron chi connectivity index (χ0n) is 10.8. The first kappa shape index (κ1) is 12.4. The van der Waals surface area contributed by atoms with E-state index in [1.807, 2.05) is 0 Å². The molecule has 0 bridgehead atoms. The molecule has 1 aliphatic carbocycles. The van der Waals surface area contributed by atoms with E-state index in [1.165, 1.54) is 5.56 Å². The number of methoxy groups -OCH3 is 1. The molecule has 0 saturated heterocycles. The van der Waals surface area contributed by atoms with Crippen molar-refractivity contribution in [1.29, 1.82) is 0 Å². The summed E-state index contributed by atoms with van der Waals surface area (Å²) in [6.07, 6.45) is 1.35. The number of nitrogens with two attached hydrogens (primary N) is 1. The van der Waals surface area contributed by atoms with Gasteiger partial charge in [-0.15, -0.1) is 0 Å². The van der Waals surface area contributed by atoms with Gasteiger partial charge in [0.1, 0.15) is 5.75 Å². The third-order valence-electron chi connectivity index (χ3n) is 3.92. The molecule has 1 aromatic carbocycles. The summed E-state index contributed by atoms with van der Waals surface area (Å²) in [6.45, 7) is 4.69. The molecule has 3 heteroatoms. The molecule has 3 N–H and O–H groups in total. The summed E-state index contributed by atoms with van der Waals surface area (Å²) in [7, 11) is 1.70. The van der Waals surface area contributed by atoms with E-state index in [4.69, 9.17) is 10.5 Å². The van der Waals surface area contributed by atoms with Gasteiger partial charge in [0.15, 0.2) is 0 Å². The Hall–Kier alpha value is -1.06. The monoisotopic (exact) mass is 235 g/mol. The number of ether oxygens (including phenoxy) is 1. The first-order chi connectivity index (χ1) is 8.02. The van der Waals surface area contributed by atoms with Gasteiger partial charge in [-0.1, -0.05) is 12.1 Å². The molecule has 0 aromatic heterocycles. The Labute approximate surface area is 103 Å². The van der Waals surface area contributed by atoms with Crippen molar-refractivity contribution in [3.05, 3.63) is 28.8 Å². The smallest absolute Gasteiger partial charge is 0.124 e. The summed E-state index contributed by atoms with van der Waals surface area (Å²) < 4.78 is 5.37. The highest BCUT2D eigenvalue weighted by Gasteiger charge is 2.44. The summed E-state index contributed by atoms with van der Waals surface area (Å²) in [6, 6.07) is 4.29. The number of hydrogen-bond donors (Lipinski definition) is 2. The van der Waals surface area contributed by atoms with E-state index in [0.717, 1.165) is 29.7 Å². The summed E-state index contributed by atoms with van der Waals surface area (Å²) >= 11 is 0. The molecular weight excluding hydrogens is 214 g/mol. The molecule has 3 nitrogen and oxygen atoms in total. The van der Waals surface area contributed by atoms with Crippen LogP contribution in [0.2, 0.25) is 0 Å². The van der Waals surface area contributed by atoms with Crippen molar-refractivity contribution in [2.75, 3.05) is 13.7 Å². The minimum absolute atomic E-state index is 0.0266. The molecule has 94 valence electrons. The average Bonchev–Trinajstić information content (AvgIpc) is 2.24. The number of aliphatic hydroxyl groups is 1. The lowest BCUT2D eigenvalue weighted by Crippen LogP contribution is -2.49. The van der Waals surface area contributed by atoms with Gasteiger partial charge < -0.3 is 15.6 Å². The topological polar surface area (TPSA) is 55.5 Å². The van der Waals surface area contributed by atoms with Gasteiger partial charge in [-0.3, -0.25) is 0 Å². The third-order valence-corrected chi connectivity index (χ3v) is 3.92. The van der Waals surface area contributed by atoms with Crippen LogP contribution in [0, 0.1) is 13.8 Å². The Morgan fingerprint density at radius 3 is 2.24 bits per heavy atom. The highest BCUT2D eigenvalue weighted by molar-refractivity contribution is 5.46. The van der Waals surface area contributed by atoms with Crippen molar-refractivity contribution in [3.8, 4) is 5.75 Å². The molecule has 0 aliphatic heterocycles. The van der Waals surface area contributed by atoms with Crippen LogP contribution in [0.15, 0.2) is 12.1 Å². The predicted octanol–water partition coefficient (Wildman–Crippen LogP) is 1.66. The van der Waals surface area contributed by atoms with Gasteiger partial charge in [-0.25, -0.2) is 0 Å². The molecule has 2 rings (SSSR count). The second-order valence-corrected chi connectivity index (χ2v) is 5.19. The van der Waals surface area contributed by atoms with Crippen LogP contribution < -0.4 is 10.5 Å². The molecule has 0 unspecified atom stereocenters. The van der Waals surface area contributed by atoms with Crippen LogP contribution in [0.1, 0.15) is 29.5 Å². The lowest BCUT2D eigenvalue weighted by molar-refractivity contribution is 0.0221. The van der Waals surface area contributed by atoms with Crippen LogP contribution >= 0.6 is 0 Å². The highest BCUT2D eigenvalue weighted by Crippen LogP contribution is 2.44. The molecular formula is C14H21NO2. The number of aliphatic hydroxyl groups excluding tert-OH is 1. The Morgan fingerprint density at radius 2 is 1.88 bits per heavy atom. The van der Waals surface area contributed by atoms with Gasteiger partial charge in [-0.2, -0.15) is 0 Å². The second-order valence-electron chi connectivity index (χ2n) is 5.19. The summed E-state index contributed by atoms with van der Waals surface area (Å²) in [5, 5.41) is 9.54. The SMILES string of the molecule is COc1c(C)cc(C2(CN)CC(O)C2)cc1C. The Kier molecular flexibility index (Phi) is 3.15. The third kappa shape index (κ3) is 1.94. The molecule has 0 radical (unpaired) electrons. The van der Waals surface area contributed by atoms with Crippen LogP contribution in [0.25, 0.3) is 0 Å². The fraction of sp³-hybridized carbons (Fsp3) is 0.571. The van der Waals surface area contributed by atoms with Gasteiger partial charge in [0.05, 0.1) is 13.2 Å². The molecule has 1 aromatic rings. The van der Waals surface area contributed by atoms with E-state index in [-0.39, 0.29) is 11.5 Å². The molecule has 0 heterocycles. The van der Waals surface area contributed by atoms with Crippen LogP contribution in [0.4, 0.5) is 0 Å². The first-order valence-electron chi connectivity index (χ1n) is 6.06. The molecule has 17 heavy (non-hydrogen) atoms. The van der Waals surface area contributed by atoms with Crippen molar-refractivity contribution in [2.45, 2.75) is 38.2 Å². The second kappa shape index (κ2) is 4.31. The highest BCUT2D eigenvalue weighted by atomic mass is 16.5. The molecule has 0 spiro atoms. The maximum absolute atomic E-state index is 9.54. The zero-order valence-corrected chi connectivity index (χ0v) is 10.8. The van der Waals surface area contributed by atoms with Gasteiger partial charge in [-0.05, 0) is 43.4 Å². The van der Waals surface area contributed by atoms with Crippen molar-refractivity contribution >= 4 is 0 Å². The van der Waals surface area contributed by atoms with Crippen LogP contribution in [0.3, 0.4) is 0 Å². The summed E-state index contributed by atoms with van der Waals surface area (Å²) in [5.41, 5.74) is 9.37. The standard InChI is InChI=1S/C14H21NO2/c1-9-4-11(5-10(2)13(9)17-3)14(8-15)6-12(16)7-14/h4-5,12,16H,6-8,15H2,1-3H3. The number of hydrogen-bond acceptors (Lipinski definition) is 3. The van der Waals surface area contributed by atoms with E-state index in [9.17, 15) is 5.11 Å². The fourth-order valence-corrected chi connectivity index (χ4v) is 2.94. The molecule has 0 amide bonds. The van der Waals surface area contributed by atoms with Gasteiger partial charge in [0.25, 0.3) is 0 Å². The van der Waals surface area contributed by atoms with Crippen LogP contribution in [0.5, 0.6) is 5.75 Å². The molecule has 1 saturated carbocycles.